The maximum atomic E-state index is 4.46. The zero-order valence-corrected chi connectivity index (χ0v) is 12.7. The number of aromatic nitrogens is 1. The van der Waals surface area contributed by atoms with Crippen LogP contribution in [0.1, 0.15) is 31.0 Å². The second kappa shape index (κ2) is 6.42. The van der Waals surface area contributed by atoms with Gasteiger partial charge in [0.1, 0.15) is 0 Å². The Kier molecular flexibility index (Phi) is 4.61. The van der Waals surface area contributed by atoms with E-state index < -0.39 is 0 Å². The molecule has 0 radical (unpaired) electrons. The van der Waals surface area contributed by atoms with Crippen molar-refractivity contribution in [1.29, 1.82) is 0 Å². The smallest absolute Gasteiger partial charge is 0.0529 e. The summed E-state index contributed by atoms with van der Waals surface area (Å²) in [5.41, 5.74) is 4.68. The van der Waals surface area contributed by atoms with Gasteiger partial charge in [-0.2, -0.15) is 0 Å². The molecule has 0 saturated heterocycles. The van der Waals surface area contributed by atoms with Gasteiger partial charge in [0, 0.05) is 32.0 Å². The second-order valence-corrected chi connectivity index (χ2v) is 5.54. The zero-order chi connectivity index (χ0) is 14.5. The van der Waals surface area contributed by atoms with Gasteiger partial charge in [0.05, 0.1) is 11.9 Å². The first-order valence-corrected chi connectivity index (χ1v) is 7.02. The van der Waals surface area contributed by atoms with E-state index in [4.69, 9.17) is 0 Å². The van der Waals surface area contributed by atoms with Crippen molar-refractivity contribution >= 4 is 11.4 Å². The Balaban J connectivity index is 1.94. The highest BCUT2D eigenvalue weighted by Gasteiger charge is 2.01. The van der Waals surface area contributed by atoms with Crippen LogP contribution in [0.4, 0.5) is 11.4 Å². The van der Waals surface area contributed by atoms with E-state index in [0.29, 0.717) is 5.92 Å². The molecule has 2 aromatic rings. The molecule has 0 bridgehead atoms. The molecule has 0 amide bonds. The van der Waals surface area contributed by atoms with E-state index in [1.54, 1.807) is 0 Å². The van der Waals surface area contributed by atoms with Gasteiger partial charge in [-0.05, 0) is 35.7 Å². The molecule has 106 valence electrons. The van der Waals surface area contributed by atoms with E-state index in [1.807, 2.05) is 6.20 Å². The molecular formula is C17H23N3. The predicted octanol–water partition coefficient (Wildman–Crippen LogP) is 3.88. The number of hydrogen-bond acceptors (Lipinski definition) is 3. The summed E-state index contributed by atoms with van der Waals surface area (Å²) >= 11 is 0. The maximum absolute atomic E-state index is 4.46. The van der Waals surface area contributed by atoms with Crippen LogP contribution in [-0.4, -0.2) is 19.1 Å². The maximum Gasteiger partial charge on any atom is 0.0529 e. The van der Waals surface area contributed by atoms with Crippen molar-refractivity contribution in [2.45, 2.75) is 26.3 Å². The lowest BCUT2D eigenvalue weighted by Crippen LogP contribution is -2.08. The van der Waals surface area contributed by atoms with E-state index in [-0.39, 0.29) is 0 Å². The Hall–Kier alpha value is -2.03. The Morgan fingerprint density at radius 1 is 1.05 bits per heavy atom. The molecule has 0 atom stereocenters. The van der Waals surface area contributed by atoms with Gasteiger partial charge in [-0.1, -0.05) is 26.0 Å². The third-order valence-electron chi connectivity index (χ3n) is 3.33. The summed E-state index contributed by atoms with van der Waals surface area (Å²) in [5, 5.41) is 3.40. The Labute approximate surface area is 121 Å². The molecule has 3 nitrogen and oxygen atoms in total. The summed E-state index contributed by atoms with van der Waals surface area (Å²) in [6, 6.07) is 12.8. The van der Waals surface area contributed by atoms with Crippen LogP contribution in [-0.2, 0) is 6.54 Å². The Morgan fingerprint density at radius 2 is 1.75 bits per heavy atom. The molecule has 0 aliphatic carbocycles. The largest absolute Gasteiger partial charge is 0.380 e. The van der Waals surface area contributed by atoms with Crippen molar-refractivity contribution in [2.75, 3.05) is 24.3 Å². The fourth-order valence-corrected chi connectivity index (χ4v) is 1.97. The Morgan fingerprint density at radius 3 is 2.25 bits per heavy atom. The third-order valence-corrected chi connectivity index (χ3v) is 3.33. The van der Waals surface area contributed by atoms with Crippen LogP contribution < -0.4 is 10.2 Å². The molecule has 0 aliphatic rings. The highest BCUT2D eigenvalue weighted by atomic mass is 15.1. The van der Waals surface area contributed by atoms with Crippen LogP contribution in [0.3, 0.4) is 0 Å². The molecule has 0 fully saturated rings. The zero-order valence-electron chi connectivity index (χ0n) is 12.7. The van der Waals surface area contributed by atoms with Crippen molar-refractivity contribution in [3.05, 3.63) is 53.9 Å². The lowest BCUT2D eigenvalue weighted by molar-refractivity contribution is 0.823. The second-order valence-electron chi connectivity index (χ2n) is 5.54. The van der Waals surface area contributed by atoms with Crippen molar-refractivity contribution in [3.8, 4) is 0 Å². The number of nitrogens with zero attached hydrogens (tertiary/aromatic N) is 2. The predicted molar refractivity (Wildman–Crippen MR) is 86.4 cm³/mol. The minimum Gasteiger partial charge on any atom is -0.380 e. The van der Waals surface area contributed by atoms with E-state index >= 15 is 0 Å². The van der Waals surface area contributed by atoms with E-state index in [1.165, 1.54) is 11.3 Å². The highest BCUT2D eigenvalue weighted by Crippen LogP contribution is 2.16. The van der Waals surface area contributed by atoms with Crippen LogP contribution in [0.2, 0.25) is 0 Å². The molecule has 0 spiro atoms. The molecular weight excluding hydrogens is 246 g/mol. The van der Waals surface area contributed by atoms with Gasteiger partial charge in [-0.25, -0.2) is 0 Å². The van der Waals surface area contributed by atoms with Crippen LogP contribution in [0.25, 0.3) is 0 Å². The number of pyridine rings is 1. The van der Waals surface area contributed by atoms with Crippen molar-refractivity contribution in [2.24, 2.45) is 0 Å². The summed E-state index contributed by atoms with van der Waals surface area (Å²) in [6.07, 6.45) is 1.91. The molecule has 0 unspecified atom stereocenters. The molecule has 20 heavy (non-hydrogen) atoms. The first-order valence-electron chi connectivity index (χ1n) is 7.02. The van der Waals surface area contributed by atoms with E-state index in [9.17, 15) is 0 Å². The van der Waals surface area contributed by atoms with Crippen molar-refractivity contribution in [1.82, 2.24) is 4.98 Å². The normalized spacial score (nSPS) is 10.7. The SMILES string of the molecule is CC(C)c1ccc(NCc2ccc(N(C)C)cc2)cn1. The van der Waals surface area contributed by atoms with Gasteiger partial charge in [0.15, 0.2) is 0 Å². The number of hydrogen-bond donors (Lipinski definition) is 1. The summed E-state index contributed by atoms with van der Waals surface area (Å²) in [5.74, 6) is 0.475. The molecule has 3 heteroatoms. The van der Waals surface area contributed by atoms with Crippen molar-refractivity contribution < 1.29 is 0 Å². The monoisotopic (exact) mass is 269 g/mol. The minimum atomic E-state index is 0.475. The standard InChI is InChI=1S/C17H23N3/c1-13(2)17-10-7-15(12-19-17)18-11-14-5-8-16(9-6-14)20(3)4/h5-10,12-13,18H,11H2,1-4H3. The van der Waals surface area contributed by atoms with E-state index in [2.05, 4.69) is 79.5 Å². The lowest BCUT2D eigenvalue weighted by atomic mass is 10.1. The minimum absolute atomic E-state index is 0.475. The average molecular weight is 269 g/mol. The molecule has 0 saturated carbocycles. The number of rotatable bonds is 5. The molecule has 1 aromatic carbocycles. The van der Waals surface area contributed by atoms with Gasteiger partial charge >= 0.3 is 0 Å². The summed E-state index contributed by atoms with van der Waals surface area (Å²) in [4.78, 5) is 6.56. The average Bonchev–Trinajstić information content (AvgIpc) is 2.46. The Bertz CT molecular complexity index is 476. The van der Waals surface area contributed by atoms with Gasteiger partial charge in [0.2, 0.25) is 0 Å². The van der Waals surface area contributed by atoms with E-state index in [0.717, 1.165) is 17.9 Å². The fourth-order valence-electron chi connectivity index (χ4n) is 1.97. The van der Waals surface area contributed by atoms with Crippen LogP contribution in [0, 0.1) is 0 Å². The van der Waals surface area contributed by atoms with Gasteiger partial charge < -0.3 is 10.2 Å². The third kappa shape index (κ3) is 3.73. The number of anilines is 2. The summed E-state index contributed by atoms with van der Waals surface area (Å²) in [7, 11) is 4.10. The summed E-state index contributed by atoms with van der Waals surface area (Å²) in [6.45, 7) is 5.12. The van der Waals surface area contributed by atoms with Crippen molar-refractivity contribution in [3.63, 3.8) is 0 Å². The van der Waals surface area contributed by atoms with Gasteiger partial charge in [-0.3, -0.25) is 4.98 Å². The first kappa shape index (κ1) is 14.4. The molecule has 1 aromatic heterocycles. The molecule has 2 rings (SSSR count). The number of benzene rings is 1. The van der Waals surface area contributed by atoms with Gasteiger partial charge in [-0.15, -0.1) is 0 Å². The van der Waals surface area contributed by atoms with Crippen LogP contribution >= 0.6 is 0 Å². The highest BCUT2D eigenvalue weighted by molar-refractivity contribution is 5.47. The fraction of sp³-hybridized carbons (Fsp3) is 0.353. The summed E-state index contributed by atoms with van der Waals surface area (Å²) < 4.78 is 0. The number of nitrogens with one attached hydrogen (secondary N) is 1. The quantitative estimate of drug-likeness (QED) is 0.892. The molecule has 0 aliphatic heterocycles. The molecule has 1 heterocycles. The van der Waals surface area contributed by atoms with Gasteiger partial charge in [0.25, 0.3) is 0 Å². The first-order chi connectivity index (χ1) is 9.56. The molecule has 1 N–H and O–H groups in total. The van der Waals surface area contributed by atoms with Crippen LogP contribution in [0.5, 0.6) is 0 Å². The van der Waals surface area contributed by atoms with Crippen LogP contribution in [0.15, 0.2) is 42.6 Å². The topological polar surface area (TPSA) is 28.2 Å². The lowest BCUT2D eigenvalue weighted by Gasteiger charge is -2.13.